The largest absolute Gasteiger partial charge is 0.362 e. The first-order valence-corrected chi connectivity index (χ1v) is 10.3. The van der Waals surface area contributed by atoms with E-state index in [2.05, 4.69) is 64.1 Å². The number of benzene rings is 3. The van der Waals surface area contributed by atoms with Gasteiger partial charge in [0.15, 0.2) is 5.11 Å². The Balaban J connectivity index is 1.37. The Bertz CT molecular complexity index is 882. The van der Waals surface area contributed by atoms with Crippen LogP contribution in [0, 0.1) is 0 Å². The van der Waals surface area contributed by atoms with E-state index in [1.54, 1.807) is 0 Å². The summed E-state index contributed by atoms with van der Waals surface area (Å²) in [4.78, 5) is 5.03. The van der Waals surface area contributed by atoms with Gasteiger partial charge in [-0.3, -0.25) is 0 Å². The fourth-order valence-corrected chi connectivity index (χ4v) is 4.47. The second kappa shape index (κ2) is 8.46. The molecule has 1 aliphatic heterocycles. The van der Waals surface area contributed by atoms with Crippen LogP contribution in [0.5, 0.6) is 0 Å². The van der Waals surface area contributed by atoms with Gasteiger partial charge in [0.1, 0.15) is 0 Å². The molecule has 0 saturated carbocycles. The average Bonchev–Trinajstić information content (AvgIpc) is 2.71. The van der Waals surface area contributed by atoms with E-state index in [1.165, 1.54) is 21.2 Å². The summed E-state index contributed by atoms with van der Waals surface area (Å²) < 4.78 is 0. The Morgan fingerprint density at radius 2 is 1.41 bits per heavy atom. The van der Waals surface area contributed by atoms with Gasteiger partial charge in [0.2, 0.25) is 0 Å². The Hall–Kier alpha value is -2.50. The van der Waals surface area contributed by atoms with Crippen LogP contribution < -0.4 is 15.5 Å². The van der Waals surface area contributed by atoms with Crippen molar-refractivity contribution in [2.75, 3.05) is 23.3 Å². The highest BCUT2D eigenvalue weighted by Gasteiger charge is 2.22. The summed E-state index contributed by atoms with van der Waals surface area (Å²) in [6.07, 6.45) is 0.990. The second-order valence-electron chi connectivity index (χ2n) is 6.29. The molecule has 1 heterocycles. The van der Waals surface area contributed by atoms with E-state index in [0.717, 1.165) is 25.2 Å². The summed E-state index contributed by atoms with van der Waals surface area (Å²) in [5, 5.41) is 7.19. The zero-order valence-electron chi connectivity index (χ0n) is 14.9. The van der Waals surface area contributed by atoms with Crippen molar-refractivity contribution in [3.63, 3.8) is 0 Å². The molecule has 0 radical (unpaired) electrons. The molecule has 1 aliphatic rings. The average molecular weight is 392 g/mol. The van der Waals surface area contributed by atoms with Crippen molar-refractivity contribution in [3.05, 3.63) is 78.9 Å². The van der Waals surface area contributed by atoms with Crippen molar-refractivity contribution < 1.29 is 0 Å². The van der Waals surface area contributed by atoms with E-state index >= 15 is 0 Å². The SMILES string of the molecule is S=C(NCCCN1c2ccccc2Sc2ccccc21)Nc1ccccc1. The molecule has 0 atom stereocenters. The van der Waals surface area contributed by atoms with Crippen molar-refractivity contribution in [3.8, 4) is 0 Å². The Kier molecular flexibility index (Phi) is 5.61. The molecule has 136 valence electrons. The molecule has 3 aromatic rings. The lowest BCUT2D eigenvalue weighted by molar-refractivity contribution is 0.764. The van der Waals surface area contributed by atoms with Crippen molar-refractivity contribution in [2.24, 2.45) is 0 Å². The molecule has 3 aromatic carbocycles. The standard InChI is InChI=1S/C22H21N3S2/c26-22(24-17-9-2-1-3-10-17)23-15-8-16-25-18-11-4-6-13-20(18)27-21-14-7-5-12-19(21)25/h1-7,9-14H,8,15-16H2,(H2,23,24,26). The molecular formula is C22H21N3S2. The fourth-order valence-electron chi connectivity index (χ4n) is 3.16. The first kappa shape index (κ1) is 17.9. The van der Waals surface area contributed by atoms with E-state index in [1.807, 2.05) is 42.1 Å². The highest BCUT2D eigenvalue weighted by molar-refractivity contribution is 7.99. The topological polar surface area (TPSA) is 27.3 Å². The number of para-hydroxylation sites is 3. The van der Waals surface area contributed by atoms with Gasteiger partial charge in [-0.05, 0) is 55.0 Å². The van der Waals surface area contributed by atoms with E-state index in [4.69, 9.17) is 12.2 Å². The van der Waals surface area contributed by atoms with Crippen LogP contribution in [-0.2, 0) is 0 Å². The normalized spacial score (nSPS) is 12.1. The van der Waals surface area contributed by atoms with Gasteiger partial charge in [0.25, 0.3) is 0 Å². The van der Waals surface area contributed by atoms with Gasteiger partial charge in [-0.25, -0.2) is 0 Å². The predicted molar refractivity (Wildman–Crippen MR) is 119 cm³/mol. The first-order valence-electron chi connectivity index (χ1n) is 9.04. The maximum absolute atomic E-state index is 5.39. The van der Waals surface area contributed by atoms with Crippen LogP contribution in [0.2, 0.25) is 0 Å². The summed E-state index contributed by atoms with van der Waals surface area (Å²) in [7, 11) is 0. The van der Waals surface area contributed by atoms with E-state index in [0.29, 0.717) is 5.11 Å². The van der Waals surface area contributed by atoms with Crippen molar-refractivity contribution in [2.45, 2.75) is 16.2 Å². The van der Waals surface area contributed by atoms with Crippen LogP contribution in [-0.4, -0.2) is 18.2 Å². The maximum Gasteiger partial charge on any atom is 0.170 e. The number of nitrogens with one attached hydrogen (secondary N) is 2. The van der Waals surface area contributed by atoms with Gasteiger partial charge < -0.3 is 15.5 Å². The van der Waals surface area contributed by atoms with E-state index in [-0.39, 0.29) is 0 Å². The van der Waals surface area contributed by atoms with Gasteiger partial charge in [-0.2, -0.15) is 0 Å². The van der Waals surface area contributed by atoms with Gasteiger partial charge in [0.05, 0.1) is 11.4 Å². The Labute approximate surface area is 169 Å². The lowest BCUT2D eigenvalue weighted by Crippen LogP contribution is -2.31. The number of rotatable bonds is 5. The minimum Gasteiger partial charge on any atom is -0.362 e. The molecule has 4 rings (SSSR count). The highest BCUT2D eigenvalue weighted by Crippen LogP contribution is 2.47. The fraction of sp³-hybridized carbons (Fsp3) is 0.136. The smallest absolute Gasteiger partial charge is 0.170 e. The van der Waals surface area contributed by atoms with Gasteiger partial charge in [-0.1, -0.05) is 54.2 Å². The molecule has 0 aliphatic carbocycles. The van der Waals surface area contributed by atoms with Crippen LogP contribution >= 0.6 is 24.0 Å². The van der Waals surface area contributed by atoms with Crippen molar-refractivity contribution >= 4 is 46.2 Å². The van der Waals surface area contributed by atoms with Crippen molar-refractivity contribution in [1.29, 1.82) is 0 Å². The molecule has 3 nitrogen and oxygen atoms in total. The predicted octanol–water partition coefficient (Wildman–Crippen LogP) is 5.67. The number of nitrogens with zero attached hydrogens (tertiary/aromatic N) is 1. The van der Waals surface area contributed by atoms with Crippen LogP contribution in [0.15, 0.2) is 88.7 Å². The zero-order chi connectivity index (χ0) is 18.5. The molecule has 0 spiro atoms. The first-order chi connectivity index (χ1) is 13.3. The zero-order valence-corrected chi connectivity index (χ0v) is 16.5. The molecule has 27 heavy (non-hydrogen) atoms. The van der Waals surface area contributed by atoms with Crippen molar-refractivity contribution in [1.82, 2.24) is 5.32 Å². The van der Waals surface area contributed by atoms with Crippen LogP contribution in [0.25, 0.3) is 0 Å². The number of thiocarbonyl (C=S) groups is 1. The second-order valence-corrected chi connectivity index (χ2v) is 7.78. The summed E-state index contributed by atoms with van der Waals surface area (Å²) in [5.41, 5.74) is 3.57. The molecule has 0 amide bonds. The molecular weight excluding hydrogens is 370 g/mol. The third-order valence-electron chi connectivity index (χ3n) is 4.41. The molecule has 0 fully saturated rings. The van der Waals surface area contributed by atoms with E-state index < -0.39 is 0 Å². The molecule has 0 unspecified atom stereocenters. The summed E-state index contributed by atoms with van der Waals surface area (Å²) in [6, 6.07) is 27.2. The summed E-state index contributed by atoms with van der Waals surface area (Å²) in [5.74, 6) is 0. The third-order valence-corrected chi connectivity index (χ3v) is 5.78. The van der Waals surface area contributed by atoms with E-state index in [9.17, 15) is 0 Å². The minimum absolute atomic E-state index is 0.663. The van der Waals surface area contributed by atoms with Crippen LogP contribution in [0.4, 0.5) is 17.1 Å². The minimum atomic E-state index is 0.663. The summed E-state index contributed by atoms with van der Waals surface area (Å²) >= 11 is 7.24. The molecule has 0 aromatic heterocycles. The molecule has 2 N–H and O–H groups in total. The third kappa shape index (κ3) is 4.26. The highest BCUT2D eigenvalue weighted by atomic mass is 32.2. The number of anilines is 3. The summed E-state index contributed by atoms with van der Waals surface area (Å²) in [6.45, 7) is 1.77. The maximum atomic E-state index is 5.39. The van der Waals surface area contributed by atoms with Crippen LogP contribution in [0.1, 0.15) is 6.42 Å². The van der Waals surface area contributed by atoms with Gasteiger partial charge in [-0.15, -0.1) is 0 Å². The lowest BCUT2D eigenvalue weighted by atomic mass is 10.2. The monoisotopic (exact) mass is 391 g/mol. The van der Waals surface area contributed by atoms with Gasteiger partial charge in [0, 0.05) is 28.6 Å². The molecule has 5 heteroatoms. The number of hydrogen-bond donors (Lipinski definition) is 2. The number of fused-ring (bicyclic) bond motifs is 2. The number of hydrogen-bond acceptors (Lipinski definition) is 3. The quantitative estimate of drug-likeness (QED) is 0.432. The Morgan fingerprint density at radius 3 is 2.07 bits per heavy atom. The van der Waals surface area contributed by atoms with Gasteiger partial charge >= 0.3 is 0 Å². The molecule has 0 bridgehead atoms. The lowest BCUT2D eigenvalue weighted by Gasteiger charge is -2.32. The van der Waals surface area contributed by atoms with Crippen LogP contribution in [0.3, 0.4) is 0 Å². The molecule has 0 saturated heterocycles. The Morgan fingerprint density at radius 1 is 0.815 bits per heavy atom.